The van der Waals surface area contributed by atoms with Gasteiger partial charge < -0.3 is 4.90 Å². The van der Waals surface area contributed by atoms with E-state index in [4.69, 9.17) is 0 Å². The summed E-state index contributed by atoms with van der Waals surface area (Å²) < 4.78 is 13.1. The van der Waals surface area contributed by atoms with Crippen molar-refractivity contribution in [3.63, 3.8) is 0 Å². The van der Waals surface area contributed by atoms with Crippen LogP contribution in [0.25, 0.3) is 0 Å². The number of carbonyl (C=O) groups is 1. The lowest BCUT2D eigenvalue weighted by Crippen LogP contribution is -2.34. The number of alkyl halides is 1. The SMILES string of the molecule is Cc1cc(C(=O)N(CCBr)C2CC2)ccc1F. The van der Waals surface area contributed by atoms with Crippen LogP contribution in [0.5, 0.6) is 0 Å². The molecule has 1 amide bonds. The molecule has 0 aromatic heterocycles. The van der Waals surface area contributed by atoms with E-state index in [2.05, 4.69) is 15.9 Å². The number of aryl methyl sites for hydroxylation is 1. The fraction of sp³-hybridized carbons (Fsp3) is 0.462. The van der Waals surface area contributed by atoms with Crippen molar-refractivity contribution in [1.29, 1.82) is 0 Å². The second-order valence-corrected chi connectivity index (χ2v) is 5.18. The van der Waals surface area contributed by atoms with Gasteiger partial charge in [-0.3, -0.25) is 4.79 Å². The normalized spacial score (nSPS) is 14.8. The Balaban J connectivity index is 2.19. The van der Waals surface area contributed by atoms with E-state index in [9.17, 15) is 9.18 Å². The highest BCUT2D eigenvalue weighted by atomic mass is 79.9. The number of rotatable bonds is 4. The molecule has 0 saturated heterocycles. The van der Waals surface area contributed by atoms with Gasteiger partial charge in [-0.05, 0) is 43.5 Å². The minimum Gasteiger partial charge on any atom is -0.335 e. The lowest BCUT2D eigenvalue weighted by molar-refractivity contribution is 0.0754. The average molecular weight is 300 g/mol. The third-order valence-electron chi connectivity index (χ3n) is 2.98. The Hall–Kier alpha value is -0.900. The molecule has 4 heteroatoms. The van der Waals surface area contributed by atoms with Crippen LogP contribution in [-0.2, 0) is 0 Å². The Bertz CT molecular complexity index is 431. The Morgan fingerprint density at radius 2 is 2.24 bits per heavy atom. The van der Waals surface area contributed by atoms with Gasteiger partial charge in [0.25, 0.3) is 5.91 Å². The van der Waals surface area contributed by atoms with Gasteiger partial charge in [-0.1, -0.05) is 15.9 Å². The van der Waals surface area contributed by atoms with E-state index < -0.39 is 0 Å². The topological polar surface area (TPSA) is 20.3 Å². The van der Waals surface area contributed by atoms with Crippen LogP contribution in [0.4, 0.5) is 4.39 Å². The molecule has 1 aromatic carbocycles. The number of nitrogens with zero attached hydrogens (tertiary/aromatic N) is 1. The molecule has 0 bridgehead atoms. The Kier molecular flexibility index (Phi) is 3.82. The van der Waals surface area contributed by atoms with Gasteiger partial charge in [0.05, 0.1) is 0 Å². The van der Waals surface area contributed by atoms with Crippen LogP contribution in [0.1, 0.15) is 28.8 Å². The molecule has 1 fully saturated rings. The number of amides is 1. The van der Waals surface area contributed by atoms with Crippen LogP contribution < -0.4 is 0 Å². The minimum atomic E-state index is -0.264. The van der Waals surface area contributed by atoms with Crippen molar-refractivity contribution in [2.75, 3.05) is 11.9 Å². The van der Waals surface area contributed by atoms with Crippen molar-refractivity contribution in [3.05, 3.63) is 35.1 Å². The van der Waals surface area contributed by atoms with Gasteiger partial charge in [0.15, 0.2) is 0 Å². The van der Waals surface area contributed by atoms with Gasteiger partial charge in [0, 0.05) is 23.5 Å². The summed E-state index contributed by atoms with van der Waals surface area (Å²) in [6.07, 6.45) is 2.16. The molecule has 0 spiro atoms. The fourth-order valence-corrected chi connectivity index (χ4v) is 2.25. The van der Waals surface area contributed by atoms with Crippen molar-refractivity contribution >= 4 is 21.8 Å². The molecule has 0 atom stereocenters. The van der Waals surface area contributed by atoms with E-state index in [1.54, 1.807) is 19.1 Å². The first-order chi connectivity index (χ1) is 8.13. The molecule has 1 aliphatic carbocycles. The summed E-state index contributed by atoms with van der Waals surface area (Å²) in [4.78, 5) is 14.1. The zero-order valence-corrected chi connectivity index (χ0v) is 11.3. The van der Waals surface area contributed by atoms with E-state index >= 15 is 0 Å². The summed E-state index contributed by atoms with van der Waals surface area (Å²) in [5.41, 5.74) is 1.10. The van der Waals surface area contributed by atoms with Gasteiger partial charge in [0.2, 0.25) is 0 Å². The maximum Gasteiger partial charge on any atom is 0.254 e. The van der Waals surface area contributed by atoms with Crippen molar-refractivity contribution in [3.8, 4) is 0 Å². The average Bonchev–Trinajstić information content (AvgIpc) is 3.13. The predicted octanol–water partition coefficient (Wildman–Crippen LogP) is 3.13. The summed E-state index contributed by atoms with van der Waals surface area (Å²) in [5, 5.41) is 0.773. The van der Waals surface area contributed by atoms with E-state index in [0.29, 0.717) is 23.7 Å². The fourth-order valence-electron chi connectivity index (χ4n) is 1.87. The minimum absolute atomic E-state index is 0.00931. The molecule has 0 unspecified atom stereocenters. The van der Waals surface area contributed by atoms with Gasteiger partial charge in [-0.25, -0.2) is 4.39 Å². The van der Waals surface area contributed by atoms with Gasteiger partial charge in [-0.15, -0.1) is 0 Å². The third kappa shape index (κ3) is 2.86. The zero-order valence-electron chi connectivity index (χ0n) is 9.75. The highest BCUT2D eigenvalue weighted by molar-refractivity contribution is 9.09. The lowest BCUT2D eigenvalue weighted by Gasteiger charge is -2.21. The molecule has 0 aliphatic heterocycles. The molecule has 1 aromatic rings. The first-order valence-corrected chi connectivity index (χ1v) is 6.88. The number of halogens is 2. The van der Waals surface area contributed by atoms with Crippen molar-refractivity contribution in [2.24, 2.45) is 0 Å². The molecule has 2 nitrogen and oxygen atoms in total. The van der Waals surface area contributed by atoms with Gasteiger partial charge in [0.1, 0.15) is 5.82 Å². The highest BCUT2D eigenvalue weighted by Gasteiger charge is 2.32. The highest BCUT2D eigenvalue weighted by Crippen LogP contribution is 2.28. The van der Waals surface area contributed by atoms with Gasteiger partial charge >= 0.3 is 0 Å². The molecule has 0 radical (unpaired) electrons. The molecule has 2 rings (SSSR count). The van der Waals surface area contributed by atoms with Crippen molar-refractivity contribution in [1.82, 2.24) is 4.90 Å². The van der Waals surface area contributed by atoms with Crippen LogP contribution >= 0.6 is 15.9 Å². The first-order valence-electron chi connectivity index (χ1n) is 5.76. The maximum absolute atomic E-state index is 13.1. The Morgan fingerprint density at radius 3 is 2.76 bits per heavy atom. The monoisotopic (exact) mass is 299 g/mol. The summed E-state index contributed by atoms with van der Waals surface area (Å²) in [7, 11) is 0. The third-order valence-corrected chi connectivity index (χ3v) is 3.33. The largest absolute Gasteiger partial charge is 0.335 e. The number of hydrogen-bond acceptors (Lipinski definition) is 1. The second-order valence-electron chi connectivity index (χ2n) is 4.38. The van der Waals surface area contributed by atoms with E-state index in [-0.39, 0.29) is 11.7 Å². The maximum atomic E-state index is 13.1. The van der Waals surface area contributed by atoms with Crippen LogP contribution in [0.15, 0.2) is 18.2 Å². The summed E-state index contributed by atoms with van der Waals surface area (Å²) in [6, 6.07) is 4.93. The smallest absolute Gasteiger partial charge is 0.254 e. The Labute approximate surface area is 109 Å². The molecule has 0 heterocycles. The zero-order chi connectivity index (χ0) is 12.4. The van der Waals surface area contributed by atoms with Gasteiger partial charge in [-0.2, -0.15) is 0 Å². The van der Waals surface area contributed by atoms with Crippen molar-refractivity contribution in [2.45, 2.75) is 25.8 Å². The van der Waals surface area contributed by atoms with Crippen molar-refractivity contribution < 1.29 is 9.18 Å². The summed E-state index contributed by atoms with van der Waals surface area (Å²) in [5.74, 6) is -0.255. The van der Waals surface area contributed by atoms with E-state index in [1.165, 1.54) is 6.07 Å². The first kappa shape index (κ1) is 12.6. The quantitative estimate of drug-likeness (QED) is 0.782. The Morgan fingerprint density at radius 1 is 1.53 bits per heavy atom. The summed E-state index contributed by atoms with van der Waals surface area (Å²) in [6.45, 7) is 2.39. The molecule has 92 valence electrons. The molecular formula is C13H15BrFNO. The predicted molar refractivity (Wildman–Crippen MR) is 69.0 cm³/mol. The molecule has 0 N–H and O–H groups in total. The van der Waals surface area contributed by atoms with Crippen LogP contribution in [-0.4, -0.2) is 28.7 Å². The number of carbonyl (C=O) groups excluding carboxylic acids is 1. The molecule has 1 saturated carbocycles. The van der Waals surface area contributed by atoms with Crippen LogP contribution in [0.3, 0.4) is 0 Å². The van der Waals surface area contributed by atoms with E-state index in [1.807, 2.05) is 4.90 Å². The number of benzene rings is 1. The molecule has 1 aliphatic rings. The van der Waals surface area contributed by atoms with Crippen LogP contribution in [0.2, 0.25) is 0 Å². The summed E-state index contributed by atoms with van der Waals surface area (Å²) >= 11 is 3.36. The molecular weight excluding hydrogens is 285 g/mol. The number of hydrogen-bond donors (Lipinski definition) is 0. The second kappa shape index (κ2) is 5.17. The van der Waals surface area contributed by atoms with Crippen LogP contribution in [0, 0.1) is 12.7 Å². The lowest BCUT2D eigenvalue weighted by atomic mass is 10.1. The standard InChI is InChI=1S/C13H15BrFNO/c1-9-8-10(2-5-12(9)15)13(17)16(7-6-14)11-3-4-11/h2,5,8,11H,3-4,6-7H2,1H3. The molecule has 17 heavy (non-hydrogen) atoms. The van der Waals surface area contributed by atoms with E-state index in [0.717, 1.165) is 18.2 Å².